The molecule has 9 heteroatoms. The first kappa shape index (κ1) is 31.8. The van der Waals surface area contributed by atoms with Gasteiger partial charge in [-0.3, -0.25) is 13.9 Å². The number of rotatable bonds is 11. The van der Waals surface area contributed by atoms with Crippen LogP contribution in [0.3, 0.4) is 0 Å². The molecular weight excluding hydrogens is 541 g/mol. The number of hydrogen-bond acceptors (Lipinski definition) is 4. The highest BCUT2D eigenvalue weighted by atomic mass is 32.2. The van der Waals surface area contributed by atoms with Gasteiger partial charge in [-0.1, -0.05) is 61.9 Å². The second kappa shape index (κ2) is 13.3. The summed E-state index contributed by atoms with van der Waals surface area (Å²) in [4.78, 5) is 29.0. The molecule has 0 aromatic heterocycles. The molecule has 0 radical (unpaired) electrons. The highest BCUT2D eigenvalue weighted by molar-refractivity contribution is 7.92. The van der Waals surface area contributed by atoms with Crippen molar-refractivity contribution in [3.05, 3.63) is 95.3 Å². The highest BCUT2D eigenvalue weighted by Crippen LogP contribution is 2.28. The Morgan fingerprint density at radius 2 is 1.54 bits per heavy atom. The summed E-state index contributed by atoms with van der Waals surface area (Å²) in [5.74, 6) is -1.32. The summed E-state index contributed by atoms with van der Waals surface area (Å²) in [5, 5.41) is 2.94. The number of nitrogens with one attached hydrogen (secondary N) is 1. The van der Waals surface area contributed by atoms with Crippen LogP contribution in [-0.4, -0.2) is 43.3 Å². The summed E-state index contributed by atoms with van der Waals surface area (Å²) in [7, 11) is -4.16. The van der Waals surface area contributed by atoms with Crippen LogP contribution in [0.5, 0.6) is 0 Å². The summed E-state index contributed by atoms with van der Waals surface area (Å²) in [5.41, 5.74) is 2.14. The number of carbonyl (C=O) groups excluding carboxylic acids is 2. The molecule has 0 heterocycles. The molecule has 0 aliphatic heterocycles. The van der Waals surface area contributed by atoms with Crippen molar-refractivity contribution in [3.8, 4) is 0 Å². The predicted octanol–water partition coefficient (Wildman–Crippen LogP) is 5.61. The fourth-order valence-electron chi connectivity index (χ4n) is 4.56. The number of carbonyl (C=O) groups is 2. The highest BCUT2D eigenvalue weighted by Gasteiger charge is 2.35. The van der Waals surface area contributed by atoms with E-state index in [0.717, 1.165) is 15.4 Å². The van der Waals surface area contributed by atoms with Gasteiger partial charge in [-0.05, 0) is 82.0 Å². The zero-order valence-corrected chi connectivity index (χ0v) is 25.5. The molecule has 41 heavy (non-hydrogen) atoms. The molecule has 0 spiro atoms. The SMILES string of the molecule is CCc1ccccc1N(CC(=O)N(Cc1ccc(F)cc1)[C@@H](CC)C(=O)NC(C)(C)C)S(=O)(=O)c1ccc(C)cc1. The maximum absolute atomic E-state index is 14.2. The van der Waals surface area contributed by atoms with E-state index in [4.69, 9.17) is 0 Å². The lowest BCUT2D eigenvalue weighted by molar-refractivity contribution is -0.141. The Bertz CT molecular complexity index is 1450. The van der Waals surface area contributed by atoms with E-state index in [-0.39, 0.29) is 17.3 Å². The first-order valence-corrected chi connectivity index (χ1v) is 15.2. The molecule has 1 atom stereocenters. The van der Waals surface area contributed by atoms with Gasteiger partial charge in [0.1, 0.15) is 18.4 Å². The standard InChI is InChI=1S/C32H40FN3O4S/c1-7-25-11-9-10-12-29(25)36(41(39,40)27-19-13-23(3)14-20-27)22-30(37)35(21-24-15-17-26(33)18-16-24)28(8-2)31(38)34-32(4,5)6/h9-20,28H,7-8,21-22H2,1-6H3,(H,34,38)/t28-/m0/s1. The molecule has 0 aliphatic rings. The van der Waals surface area contributed by atoms with Gasteiger partial charge in [0.15, 0.2) is 0 Å². The number of amides is 2. The Kier molecular flexibility index (Phi) is 10.3. The summed E-state index contributed by atoms with van der Waals surface area (Å²) in [6.07, 6.45) is 0.847. The number of halogens is 1. The third kappa shape index (κ3) is 8.16. The molecule has 3 aromatic carbocycles. The maximum atomic E-state index is 14.2. The lowest BCUT2D eigenvalue weighted by atomic mass is 10.1. The third-order valence-corrected chi connectivity index (χ3v) is 8.45. The van der Waals surface area contributed by atoms with Crippen molar-refractivity contribution in [2.75, 3.05) is 10.8 Å². The van der Waals surface area contributed by atoms with Crippen LogP contribution in [0.4, 0.5) is 10.1 Å². The molecule has 7 nitrogen and oxygen atoms in total. The smallest absolute Gasteiger partial charge is 0.264 e. The second-order valence-corrected chi connectivity index (χ2v) is 13.0. The number of para-hydroxylation sites is 1. The van der Waals surface area contributed by atoms with E-state index < -0.39 is 39.9 Å². The van der Waals surface area contributed by atoms with Crippen molar-refractivity contribution >= 4 is 27.5 Å². The van der Waals surface area contributed by atoms with Gasteiger partial charge >= 0.3 is 0 Å². The second-order valence-electron chi connectivity index (χ2n) is 11.1. The van der Waals surface area contributed by atoms with Crippen LogP contribution in [0.15, 0.2) is 77.7 Å². The molecule has 0 fully saturated rings. The van der Waals surface area contributed by atoms with Crippen LogP contribution in [0, 0.1) is 12.7 Å². The molecule has 0 saturated heterocycles. The normalized spacial score (nSPS) is 12.5. The van der Waals surface area contributed by atoms with Crippen LogP contribution in [-0.2, 0) is 32.6 Å². The van der Waals surface area contributed by atoms with Crippen molar-refractivity contribution in [1.29, 1.82) is 0 Å². The van der Waals surface area contributed by atoms with Crippen LogP contribution < -0.4 is 9.62 Å². The minimum absolute atomic E-state index is 0.00300. The quantitative estimate of drug-likeness (QED) is 0.319. The molecule has 0 bridgehead atoms. The van der Waals surface area contributed by atoms with E-state index in [1.807, 2.05) is 46.8 Å². The molecule has 2 amide bonds. The van der Waals surface area contributed by atoms with Gasteiger partial charge in [0.05, 0.1) is 10.6 Å². The number of aryl methyl sites for hydroxylation is 2. The topological polar surface area (TPSA) is 86.8 Å². The molecule has 0 saturated carbocycles. The van der Waals surface area contributed by atoms with Crippen LogP contribution >= 0.6 is 0 Å². The summed E-state index contributed by atoms with van der Waals surface area (Å²) >= 11 is 0. The first-order chi connectivity index (χ1) is 19.3. The number of benzene rings is 3. The van der Waals surface area contributed by atoms with Crippen molar-refractivity contribution in [2.24, 2.45) is 0 Å². The van der Waals surface area contributed by atoms with E-state index in [1.165, 1.54) is 29.2 Å². The van der Waals surface area contributed by atoms with Crippen LogP contribution in [0.25, 0.3) is 0 Å². The third-order valence-electron chi connectivity index (χ3n) is 6.68. The van der Waals surface area contributed by atoms with Gasteiger partial charge in [0, 0.05) is 12.1 Å². The molecular formula is C32H40FN3O4S. The average molecular weight is 582 g/mol. The van der Waals surface area contributed by atoms with Gasteiger partial charge in [0.25, 0.3) is 10.0 Å². The molecule has 220 valence electrons. The van der Waals surface area contributed by atoms with E-state index in [1.54, 1.807) is 43.3 Å². The lowest BCUT2D eigenvalue weighted by Gasteiger charge is -2.35. The van der Waals surface area contributed by atoms with Crippen LogP contribution in [0.2, 0.25) is 0 Å². The minimum atomic E-state index is -4.16. The number of hydrogen-bond donors (Lipinski definition) is 1. The molecule has 3 aromatic rings. The molecule has 3 rings (SSSR count). The monoisotopic (exact) mass is 581 g/mol. The first-order valence-electron chi connectivity index (χ1n) is 13.8. The lowest BCUT2D eigenvalue weighted by Crippen LogP contribution is -2.55. The Hall–Kier alpha value is -3.72. The Labute approximate surface area is 243 Å². The van der Waals surface area contributed by atoms with Crippen molar-refractivity contribution < 1.29 is 22.4 Å². The Balaban J connectivity index is 2.10. The van der Waals surface area contributed by atoms with Crippen molar-refractivity contribution in [1.82, 2.24) is 10.2 Å². The number of nitrogens with zero attached hydrogens (tertiary/aromatic N) is 2. The zero-order valence-electron chi connectivity index (χ0n) is 24.6. The largest absolute Gasteiger partial charge is 0.350 e. The Morgan fingerprint density at radius 1 is 0.927 bits per heavy atom. The summed E-state index contributed by atoms with van der Waals surface area (Å²) < 4.78 is 42.9. The molecule has 0 unspecified atom stereocenters. The molecule has 0 aliphatic carbocycles. The van der Waals surface area contributed by atoms with Gasteiger partial charge in [-0.2, -0.15) is 0 Å². The van der Waals surface area contributed by atoms with Gasteiger partial charge < -0.3 is 10.2 Å². The number of anilines is 1. The Morgan fingerprint density at radius 3 is 2.10 bits per heavy atom. The minimum Gasteiger partial charge on any atom is -0.350 e. The summed E-state index contributed by atoms with van der Waals surface area (Å²) in [6, 6.07) is 18.4. The van der Waals surface area contributed by atoms with Crippen molar-refractivity contribution in [2.45, 2.75) is 77.4 Å². The van der Waals surface area contributed by atoms with Gasteiger partial charge in [0.2, 0.25) is 11.8 Å². The van der Waals surface area contributed by atoms with Gasteiger partial charge in [-0.25, -0.2) is 12.8 Å². The fourth-order valence-corrected chi connectivity index (χ4v) is 6.01. The van der Waals surface area contributed by atoms with E-state index in [0.29, 0.717) is 24.1 Å². The zero-order chi connectivity index (χ0) is 30.4. The van der Waals surface area contributed by atoms with E-state index in [2.05, 4.69) is 5.32 Å². The average Bonchev–Trinajstić information content (AvgIpc) is 2.91. The van der Waals surface area contributed by atoms with Crippen molar-refractivity contribution in [3.63, 3.8) is 0 Å². The predicted molar refractivity (Wildman–Crippen MR) is 160 cm³/mol. The molecule has 1 N–H and O–H groups in total. The number of sulfonamides is 1. The summed E-state index contributed by atoms with van der Waals surface area (Å²) in [6.45, 7) is 10.6. The maximum Gasteiger partial charge on any atom is 0.264 e. The van der Waals surface area contributed by atoms with E-state index >= 15 is 0 Å². The van der Waals surface area contributed by atoms with Gasteiger partial charge in [-0.15, -0.1) is 0 Å². The van der Waals surface area contributed by atoms with Crippen LogP contribution in [0.1, 0.15) is 57.7 Å². The fraction of sp³-hybridized carbons (Fsp3) is 0.375. The van der Waals surface area contributed by atoms with E-state index in [9.17, 15) is 22.4 Å².